The van der Waals surface area contributed by atoms with E-state index in [1.165, 1.54) is 28.1 Å². The summed E-state index contributed by atoms with van der Waals surface area (Å²) in [7, 11) is 0. The van der Waals surface area contributed by atoms with Crippen LogP contribution in [0.5, 0.6) is 0 Å². The zero-order valence-corrected chi connectivity index (χ0v) is 18.8. The zero-order valence-electron chi connectivity index (χ0n) is 17.1. The number of aromatic nitrogens is 4. The van der Waals surface area contributed by atoms with Crippen molar-refractivity contribution in [3.05, 3.63) is 76.7 Å². The summed E-state index contributed by atoms with van der Waals surface area (Å²) in [6.07, 6.45) is 5.00. The fourth-order valence-corrected chi connectivity index (χ4v) is 5.16. The average Bonchev–Trinajstić information content (AvgIpc) is 3.50. The SMILES string of the molecule is Cc1nn2c(/C=C3/C(=N)N4N=C(c5cccnc5)SC4=NC3=O)c(-c3ccccc3)nc2s1. The zero-order chi connectivity index (χ0) is 22.5. The highest BCUT2D eigenvalue weighted by Gasteiger charge is 2.36. The predicted molar refractivity (Wildman–Crippen MR) is 129 cm³/mol. The van der Waals surface area contributed by atoms with Crippen LogP contribution in [0.3, 0.4) is 0 Å². The average molecular weight is 471 g/mol. The van der Waals surface area contributed by atoms with Gasteiger partial charge in [-0.05, 0) is 36.9 Å². The van der Waals surface area contributed by atoms with E-state index in [4.69, 9.17) is 10.4 Å². The Morgan fingerprint density at radius 1 is 1.09 bits per heavy atom. The number of hydrogen-bond acceptors (Lipinski definition) is 8. The molecule has 2 aliphatic heterocycles. The number of imidazole rings is 1. The van der Waals surface area contributed by atoms with Crippen molar-refractivity contribution in [2.24, 2.45) is 10.1 Å². The molecular formula is C22H14N8OS2. The summed E-state index contributed by atoms with van der Waals surface area (Å²) in [4.78, 5) is 26.7. The Morgan fingerprint density at radius 3 is 2.70 bits per heavy atom. The lowest BCUT2D eigenvalue weighted by Crippen LogP contribution is -2.35. The molecule has 3 aromatic heterocycles. The number of benzene rings is 1. The fraction of sp³-hybridized carbons (Fsp3) is 0.0455. The third kappa shape index (κ3) is 3.29. The number of aliphatic imine (C=N–C) groups is 1. The van der Waals surface area contributed by atoms with E-state index in [1.807, 2.05) is 49.4 Å². The fourth-order valence-electron chi connectivity index (χ4n) is 3.53. The molecule has 0 unspecified atom stereocenters. The number of carbonyl (C=O) groups excluding carboxylic acids is 1. The van der Waals surface area contributed by atoms with Gasteiger partial charge >= 0.3 is 0 Å². The van der Waals surface area contributed by atoms with Crippen LogP contribution in [0.25, 0.3) is 22.3 Å². The smallest absolute Gasteiger partial charge is 0.282 e. The molecule has 0 atom stereocenters. The van der Waals surface area contributed by atoms with Crippen LogP contribution in [0.1, 0.15) is 16.3 Å². The third-order valence-corrected chi connectivity index (χ3v) is 6.81. The minimum atomic E-state index is -0.498. The van der Waals surface area contributed by atoms with Crippen LogP contribution in [0.4, 0.5) is 0 Å². The minimum absolute atomic E-state index is 0.0442. The van der Waals surface area contributed by atoms with Crippen molar-refractivity contribution in [2.45, 2.75) is 6.92 Å². The number of hydrazone groups is 1. The van der Waals surface area contributed by atoms with Crippen molar-refractivity contribution in [3.63, 3.8) is 0 Å². The lowest BCUT2D eigenvalue weighted by molar-refractivity contribution is -0.114. The van der Waals surface area contributed by atoms with Crippen molar-refractivity contribution < 1.29 is 4.79 Å². The van der Waals surface area contributed by atoms with Crippen molar-refractivity contribution in [2.75, 3.05) is 0 Å². The Morgan fingerprint density at radius 2 is 1.91 bits per heavy atom. The Balaban J connectivity index is 1.47. The van der Waals surface area contributed by atoms with Gasteiger partial charge in [-0.1, -0.05) is 41.7 Å². The molecule has 0 bridgehead atoms. The molecule has 0 radical (unpaired) electrons. The number of hydrogen-bond donors (Lipinski definition) is 1. The van der Waals surface area contributed by atoms with Crippen LogP contribution in [0.15, 0.2) is 70.5 Å². The summed E-state index contributed by atoms with van der Waals surface area (Å²) in [5, 5.41) is 21.0. The number of thioether (sulfide) groups is 1. The van der Waals surface area contributed by atoms with Gasteiger partial charge in [0.25, 0.3) is 5.91 Å². The van der Waals surface area contributed by atoms with Gasteiger partial charge in [0.2, 0.25) is 10.1 Å². The van der Waals surface area contributed by atoms with E-state index in [1.54, 1.807) is 23.0 Å². The normalized spacial score (nSPS) is 17.0. The molecule has 1 N–H and O–H groups in total. The summed E-state index contributed by atoms with van der Waals surface area (Å²) in [6.45, 7) is 1.90. The number of nitrogens with zero attached hydrogens (tertiary/aromatic N) is 7. The number of fused-ring (bicyclic) bond motifs is 2. The number of carbonyl (C=O) groups is 1. The van der Waals surface area contributed by atoms with Gasteiger partial charge in [-0.2, -0.15) is 20.2 Å². The highest BCUT2D eigenvalue weighted by atomic mass is 32.2. The molecule has 0 saturated carbocycles. The summed E-state index contributed by atoms with van der Waals surface area (Å²) >= 11 is 2.70. The van der Waals surface area contributed by atoms with E-state index < -0.39 is 5.91 Å². The van der Waals surface area contributed by atoms with Gasteiger partial charge < -0.3 is 0 Å². The highest BCUT2D eigenvalue weighted by Crippen LogP contribution is 2.33. The minimum Gasteiger partial charge on any atom is -0.282 e. The Labute approximate surface area is 195 Å². The second-order valence-electron chi connectivity index (χ2n) is 7.19. The van der Waals surface area contributed by atoms with E-state index in [0.29, 0.717) is 26.6 Å². The van der Waals surface area contributed by atoms with Gasteiger partial charge in [0.1, 0.15) is 10.1 Å². The van der Waals surface area contributed by atoms with Crippen molar-refractivity contribution in [1.29, 1.82) is 5.41 Å². The topological polar surface area (TPSA) is 112 Å². The summed E-state index contributed by atoms with van der Waals surface area (Å²) < 4.78 is 1.71. The van der Waals surface area contributed by atoms with Gasteiger partial charge in [-0.3, -0.25) is 15.2 Å². The molecule has 0 saturated heterocycles. The molecule has 11 heteroatoms. The van der Waals surface area contributed by atoms with Gasteiger partial charge in [0.15, 0.2) is 5.84 Å². The van der Waals surface area contributed by atoms with Crippen molar-refractivity contribution >= 4 is 56.1 Å². The largest absolute Gasteiger partial charge is 0.283 e. The lowest BCUT2D eigenvalue weighted by atomic mass is 10.1. The maximum Gasteiger partial charge on any atom is 0.283 e. The Hall–Kier alpha value is -3.96. The molecule has 6 rings (SSSR count). The Kier molecular flexibility index (Phi) is 4.52. The molecule has 160 valence electrons. The van der Waals surface area contributed by atoms with E-state index in [-0.39, 0.29) is 11.4 Å². The molecule has 4 aromatic rings. The number of amides is 1. The first-order chi connectivity index (χ1) is 16.1. The summed E-state index contributed by atoms with van der Waals surface area (Å²) in [5.74, 6) is -0.542. The van der Waals surface area contributed by atoms with Gasteiger partial charge in [0.05, 0.1) is 17.0 Å². The molecule has 5 heterocycles. The van der Waals surface area contributed by atoms with E-state index in [9.17, 15) is 4.79 Å². The molecular weight excluding hydrogens is 456 g/mol. The molecule has 0 spiro atoms. The molecule has 1 amide bonds. The third-order valence-electron chi connectivity index (χ3n) is 5.03. The van der Waals surface area contributed by atoms with Crippen LogP contribution in [-0.2, 0) is 4.79 Å². The predicted octanol–water partition coefficient (Wildman–Crippen LogP) is 3.83. The number of pyridine rings is 1. The molecule has 1 aromatic carbocycles. The monoisotopic (exact) mass is 470 g/mol. The van der Waals surface area contributed by atoms with E-state index in [0.717, 1.165) is 16.1 Å². The first-order valence-corrected chi connectivity index (χ1v) is 11.5. The number of rotatable bonds is 3. The van der Waals surface area contributed by atoms with Crippen LogP contribution < -0.4 is 0 Å². The van der Waals surface area contributed by atoms with E-state index in [2.05, 4.69) is 20.2 Å². The maximum absolute atomic E-state index is 13.0. The van der Waals surface area contributed by atoms with Crippen LogP contribution in [0.2, 0.25) is 0 Å². The Bertz CT molecular complexity index is 1530. The van der Waals surface area contributed by atoms with Gasteiger partial charge in [0, 0.05) is 23.5 Å². The number of aryl methyl sites for hydroxylation is 1. The molecule has 0 fully saturated rings. The lowest BCUT2D eigenvalue weighted by Gasteiger charge is -2.20. The molecule has 9 nitrogen and oxygen atoms in total. The standard InChI is InChI=1S/C22H14N8OS2/c1-12-27-29-16(17(25-21(29)32-12)13-6-3-2-4-7-13)10-15-18(23)30-22(26-19(15)31)33-20(28-30)14-8-5-9-24-11-14/h2-11,23H,1H3/b15-10-,23-18?. The first-order valence-electron chi connectivity index (χ1n) is 9.91. The summed E-state index contributed by atoms with van der Waals surface area (Å²) in [5.41, 5.74) is 3.13. The van der Waals surface area contributed by atoms with Crippen LogP contribution in [0, 0.1) is 12.3 Å². The van der Waals surface area contributed by atoms with Gasteiger partial charge in [-0.25, -0.2) is 9.50 Å². The first kappa shape index (κ1) is 19.7. The number of amidine groups is 2. The highest BCUT2D eigenvalue weighted by molar-refractivity contribution is 8.27. The van der Waals surface area contributed by atoms with Crippen LogP contribution in [-0.4, -0.2) is 46.5 Å². The quantitative estimate of drug-likeness (QED) is 0.456. The van der Waals surface area contributed by atoms with Gasteiger partial charge in [-0.15, -0.1) is 0 Å². The van der Waals surface area contributed by atoms with Crippen LogP contribution >= 0.6 is 23.1 Å². The number of nitrogens with one attached hydrogen (secondary N) is 1. The van der Waals surface area contributed by atoms with E-state index >= 15 is 0 Å². The summed E-state index contributed by atoms with van der Waals surface area (Å²) in [6, 6.07) is 13.4. The second-order valence-corrected chi connectivity index (χ2v) is 9.31. The molecule has 2 aliphatic rings. The molecule has 33 heavy (non-hydrogen) atoms. The maximum atomic E-state index is 13.0. The second kappa shape index (κ2) is 7.57. The molecule has 0 aliphatic carbocycles. The van der Waals surface area contributed by atoms with Crippen molar-refractivity contribution in [3.8, 4) is 11.3 Å². The van der Waals surface area contributed by atoms with Crippen molar-refractivity contribution in [1.82, 2.24) is 24.6 Å².